The van der Waals surface area contributed by atoms with Crippen LogP contribution in [0.2, 0.25) is 0 Å². The van der Waals surface area contributed by atoms with Gasteiger partial charge in [0.25, 0.3) is 0 Å². The number of primary amides is 1. The molecule has 2 N–H and O–H groups in total. The van der Waals surface area contributed by atoms with Gasteiger partial charge in [-0.2, -0.15) is 0 Å². The first kappa shape index (κ1) is 13.6. The van der Waals surface area contributed by atoms with Crippen molar-refractivity contribution in [2.24, 2.45) is 5.73 Å². The number of hydrogen-bond acceptors (Lipinski definition) is 2. The fourth-order valence-electron chi connectivity index (χ4n) is 1.62. The van der Waals surface area contributed by atoms with E-state index in [0.717, 1.165) is 24.3 Å². The summed E-state index contributed by atoms with van der Waals surface area (Å²) in [5, 5.41) is 0. The molecule has 1 aromatic rings. The highest BCUT2D eigenvalue weighted by Gasteiger charge is 1.99. The third kappa shape index (κ3) is 5.95. The summed E-state index contributed by atoms with van der Waals surface area (Å²) in [6, 6.07) is 7.54. The molecule has 0 aliphatic heterocycles. The second kappa shape index (κ2) is 7.71. The van der Waals surface area contributed by atoms with Crippen LogP contribution in [0.15, 0.2) is 24.3 Å². The van der Waals surface area contributed by atoms with E-state index in [-0.39, 0.29) is 12.3 Å². The van der Waals surface area contributed by atoms with Crippen LogP contribution in [0, 0.1) is 0 Å². The maximum absolute atomic E-state index is 10.7. The molecule has 0 aliphatic rings. The molecule has 0 bridgehead atoms. The second-order valence-corrected chi connectivity index (χ2v) is 4.20. The molecule has 0 saturated heterocycles. The van der Waals surface area contributed by atoms with E-state index in [1.807, 2.05) is 24.3 Å². The number of amides is 1. The summed E-state index contributed by atoms with van der Waals surface area (Å²) in [7, 11) is 0. The minimum atomic E-state index is -0.307. The van der Waals surface area contributed by atoms with Crippen LogP contribution in [-0.2, 0) is 11.2 Å². The summed E-state index contributed by atoms with van der Waals surface area (Å²) in [5.41, 5.74) is 6.05. The van der Waals surface area contributed by atoms with Gasteiger partial charge in [0.05, 0.1) is 13.0 Å². The van der Waals surface area contributed by atoms with Crippen molar-refractivity contribution >= 4 is 5.91 Å². The van der Waals surface area contributed by atoms with Gasteiger partial charge in [0.2, 0.25) is 5.91 Å². The van der Waals surface area contributed by atoms with Gasteiger partial charge in [0, 0.05) is 0 Å². The topological polar surface area (TPSA) is 52.3 Å². The van der Waals surface area contributed by atoms with Crippen molar-refractivity contribution in [3.8, 4) is 5.75 Å². The molecule has 0 radical (unpaired) electrons. The number of unbranched alkanes of at least 4 members (excludes halogenated alkanes) is 3. The zero-order valence-electron chi connectivity index (χ0n) is 10.4. The Labute approximate surface area is 103 Å². The zero-order valence-corrected chi connectivity index (χ0v) is 10.4. The molecule has 0 aliphatic carbocycles. The molecule has 3 heteroatoms. The van der Waals surface area contributed by atoms with E-state index >= 15 is 0 Å². The van der Waals surface area contributed by atoms with Crippen molar-refractivity contribution in [2.45, 2.75) is 39.0 Å². The molecule has 17 heavy (non-hydrogen) atoms. The van der Waals surface area contributed by atoms with Crippen LogP contribution in [0.1, 0.15) is 38.2 Å². The Morgan fingerprint density at radius 1 is 1.18 bits per heavy atom. The van der Waals surface area contributed by atoms with Crippen molar-refractivity contribution in [1.82, 2.24) is 0 Å². The zero-order chi connectivity index (χ0) is 12.5. The minimum absolute atomic E-state index is 0.288. The fraction of sp³-hybridized carbons (Fsp3) is 0.500. The predicted molar refractivity (Wildman–Crippen MR) is 69.0 cm³/mol. The highest BCUT2D eigenvalue weighted by Crippen LogP contribution is 2.13. The molecular weight excluding hydrogens is 214 g/mol. The van der Waals surface area contributed by atoms with E-state index in [9.17, 15) is 4.79 Å². The molecule has 0 saturated carbocycles. The van der Waals surface area contributed by atoms with Gasteiger partial charge >= 0.3 is 0 Å². The van der Waals surface area contributed by atoms with E-state index in [0.29, 0.717) is 0 Å². The summed E-state index contributed by atoms with van der Waals surface area (Å²) < 4.78 is 5.60. The maximum atomic E-state index is 10.7. The van der Waals surface area contributed by atoms with Crippen LogP contribution in [-0.4, -0.2) is 12.5 Å². The van der Waals surface area contributed by atoms with Crippen LogP contribution in [0.4, 0.5) is 0 Å². The normalized spacial score (nSPS) is 10.2. The number of nitrogens with two attached hydrogens (primary N) is 1. The SMILES string of the molecule is CCCCCCOc1ccc(CC(N)=O)cc1. The fourth-order valence-corrected chi connectivity index (χ4v) is 1.62. The summed E-state index contributed by atoms with van der Waals surface area (Å²) in [5.74, 6) is 0.549. The average Bonchev–Trinajstić information content (AvgIpc) is 2.30. The quantitative estimate of drug-likeness (QED) is 0.704. The van der Waals surface area contributed by atoms with Gasteiger partial charge in [-0.15, -0.1) is 0 Å². The summed E-state index contributed by atoms with van der Waals surface area (Å²) in [6.45, 7) is 2.95. The Morgan fingerprint density at radius 3 is 2.47 bits per heavy atom. The lowest BCUT2D eigenvalue weighted by Crippen LogP contribution is -2.13. The van der Waals surface area contributed by atoms with Crippen molar-refractivity contribution in [3.05, 3.63) is 29.8 Å². The van der Waals surface area contributed by atoms with Crippen LogP contribution in [0.3, 0.4) is 0 Å². The Bertz CT molecular complexity index is 333. The standard InChI is InChI=1S/C14H21NO2/c1-2-3-4-5-10-17-13-8-6-12(7-9-13)11-14(15)16/h6-9H,2-5,10-11H2,1H3,(H2,15,16). The summed E-state index contributed by atoms with van der Waals surface area (Å²) in [6.07, 6.45) is 5.10. The first-order valence-electron chi connectivity index (χ1n) is 6.22. The largest absolute Gasteiger partial charge is 0.494 e. The highest BCUT2D eigenvalue weighted by molar-refractivity contribution is 5.76. The first-order valence-corrected chi connectivity index (χ1v) is 6.22. The molecular formula is C14H21NO2. The van der Waals surface area contributed by atoms with Gasteiger partial charge in [-0.3, -0.25) is 4.79 Å². The smallest absolute Gasteiger partial charge is 0.221 e. The van der Waals surface area contributed by atoms with Crippen LogP contribution in [0.5, 0.6) is 5.75 Å². The Balaban J connectivity index is 2.28. The summed E-state index contributed by atoms with van der Waals surface area (Å²) in [4.78, 5) is 10.7. The van der Waals surface area contributed by atoms with Crippen molar-refractivity contribution < 1.29 is 9.53 Å². The molecule has 0 atom stereocenters. The lowest BCUT2D eigenvalue weighted by Gasteiger charge is -2.06. The number of ether oxygens (including phenoxy) is 1. The van der Waals surface area contributed by atoms with E-state index in [4.69, 9.17) is 10.5 Å². The Morgan fingerprint density at radius 2 is 1.88 bits per heavy atom. The van der Waals surface area contributed by atoms with E-state index in [1.165, 1.54) is 19.3 Å². The molecule has 1 aromatic carbocycles. The van der Waals surface area contributed by atoms with Gasteiger partial charge in [-0.05, 0) is 24.1 Å². The van der Waals surface area contributed by atoms with Crippen LogP contribution >= 0.6 is 0 Å². The third-order valence-electron chi connectivity index (χ3n) is 2.57. The van der Waals surface area contributed by atoms with E-state index in [1.54, 1.807) is 0 Å². The van der Waals surface area contributed by atoms with Crippen molar-refractivity contribution in [1.29, 1.82) is 0 Å². The number of carbonyl (C=O) groups is 1. The monoisotopic (exact) mass is 235 g/mol. The Hall–Kier alpha value is -1.51. The average molecular weight is 235 g/mol. The van der Waals surface area contributed by atoms with Gasteiger partial charge in [0.15, 0.2) is 0 Å². The van der Waals surface area contributed by atoms with Crippen LogP contribution < -0.4 is 10.5 Å². The van der Waals surface area contributed by atoms with Gasteiger partial charge in [-0.25, -0.2) is 0 Å². The van der Waals surface area contributed by atoms with Gasteiger partial charge < -0.3 is 10.5 Å². The minimum Gasteiger partial charge on any atom is -0.494 e. The first-order chi connectivity index (χ1) is 8.22. The molecule has 0 heterocycles. The molecule has 0 unspecified atom stereocenters. The van der Waals surface area contributed by atoms with E-state index in [2.05, 4.69) is 6.92 Å². The lowest BCUT2D eigenvalue weighted by molar-refractivity contribution is -0.117. The molecule has 1 rings (SSSR count). The predicted octanol–water partition coefficient (Wildman–Crippen LogP) is 2.67. The molecule has 94 valence electrons. The molecule has 0 aromatic heterocycles. The second-order valence-electron chi connectivity index (χ2n) is 4.20. The van der Waals surface area contributed by atoms with Crippen molar-refractivity contribution in [2.75, 3.05) is 6.61 Å². The van der Waals surface area contributed by atoms with Gasteiger partial charge in [-0.1, -0.05) is 38.3 Å². The lowest BCUT2D eigenvalue weighted by atomic mass is 10.1. The number of carbonyl (C=O) groups excluding carboxylic acids is 1. The molecule has 0 spiro atoms. The van der Waals surface area contributed by atoms with Crippen molar-refractivity contribution in [3.63, 3.8) is 0 Å². The maximum Gasteiger partial charge on any atom is 0.221 e. The van der Waals surface area contributed by atoms with E-state index < -0.39 is 0 Å². The summed E-state index contributed by atoms with van der Waals surface area (Å²) >= 11 is 0. The van der Waals surface area contributed by atoms with Gasteiger partial charge in [0.1, 0.15) is 5.75 Å². The number of benzene rings is 1. The molecule has 1 amide bonds. The number of hydrogen-bond donors (Lipinski definition) is 1. The van der Waals surface area contributed by atoms with Crippen LogP contribution in [0.25, 0.3) is 0 Å². The molecule has 3 nitrogen and oxygen atoms in total. The Kier molecular flexibility index (Phi) is 6.15. The number of rotatable bonds is 8. The third-order valence-corrected chi connectivity index (χ3v) is 2.57. The molecule has 0 fully saturated rings. The highest BCUT2D eigenvalue weighted by atomic mass is 16.5.